The molecule has 1 saturated carbocycles. The smallest absolute Gasteiger partial charge is 0.0121 e. The Balaban J connectivity index is 2.10. The number of rotatable bonds is 1. The summed E-state index contributed by atoms with van der Waals surface area (Å²) in [6.45, 7) is 2.32. The van der Waals surface area contributed by atoms with Crippen LogP contribution < -0.4 is 0 Å². The number of hydrogen-bond acceptors (Lipinski definition) is 1. The van der Waals surface area contributed by atoms with Crippen molar-refractivity contribution in [1.82, 2.24) is 4.90 Å². The lowest BCUT2D eigenvalue weighted by Gasteiger charge is -2.30. The lowest BCUT2D eigenvalue weighted by atomic mass is 9.97. The van der Waals surface area contributed by atoms with Gasteiger partial charge in [0.05, 0.1) is 0 Å². The lowest BCUT2D eigenvalue weighted by Crippen LogP contribution is -2.36. The van der Waals surface area contributed by atoms with Crippen molar-refractivity contribution in [2.75, 3.05) is 7.05 Å². The van der Waals surface area contributed by atoms with Crippen molar-refractivity contribution in [2.24, 2.45) is 5.92 Å². The summed E-state index contributed by atoms with van der Waals surface area (Å²) in [5.74, 6) is 1.06. The highest BCUT2D eigenvalue weighted by molar-refractivity contribution is 4.97. The van der Waals surface area contributed by atoms with E-state index >= 15 is 0 Å². The average Bonchev–Trinajstić information content (AvgIpc) is 2.46. The highest BCUT2D eigenvalue weighted by atomic mass is 15.2. The molecule has 1 heterocycles. The lowest BCUT2D eigenvalue weighted by molar-refractivity contribution is 0.171. The maximum Gasteiger partial charge on any atom is 0.0121 e. The first-order valence-corrected chi connectivity index (χ1v) is 4.55. The normalized spacial score (nSPS) is 46.8. The number of nitrogens with zero attached hydrogens (tertiary/aromatic N) is 1. The van der Waals surface area contributed by atoms with E-state index in [0.29, 0.717) is 0 Å². The third-order valence-electron chi connectivity index (χ3n) is 3.51. The molecule has 58 valence electrons. The molecule has 10 heavy (non-hydrogen) atoms. The van der Waals surface area contributed by atoms with Gasteiger partial charge in [-0.15, -0.1) is 0 Å². The first-order valence-electron chi connectivity index (χ1n) is 4.55. The first kappa shape index (κ1) is 6.66. The van der Waals surface area contributed by atoms with Crippen LogP contribution in [0.4, 0.5) is 0 Å². The maximum atomic E-state index is 2.61. The van der Waals surface area contributed by atoms with Gasteiger partial charge in [-0.2, -0.15) is 0 Å². The molecule has 0 amide bonds. The summed E-state index contributed by atoms with van der Waals surface area (Å²) in [6, 6.07) is 1.88. The Morgan fingerprint density at radius 2 is 2.20 bits per heavy atom. The van der Waals surface area contributed by atoms with Crippen molar-refractivity contribution < 1.29 is 0 Å². The maximum absolute atomic E-state index is 2.61. The van der Waals surface area contributed by atoms with Gasteiger partial charge >= 0.3 is 0 Å². The third-order valence-corrected chi connectivity index (χ3v) is 3.51. The van der Waals surface area contributed by atoms with E-state index in [9.17, 15) is 0 Å². The minimum Gasteiger partial charge on any atom is -0.300 e. The van der Waals surface area contributed by atoms with Crippen LogP contribution in [-0.2, 0) is 0 Å². The van der Waals surface area contributed by atoms with Crippen molar-refractivity contribution in [3.63, 3.8) is 0 Å². The van der Waals surface area contributed by atoms with Crippen LogP contribution in [-0.4, -0.2) is 24.0 Å². The molecule has 1 saturated heterocycles. The molecule has 1 aliphatic carbocycles. The molecule has 2 aliphatic rings. The summed E-state index contributed by atoms with van der Waals surface area (Å²) in [5.41, 5.74) is 0. The Kier molecular flexibility index (Phi) is 1.48. The number of hydrogen-bond donors (Lipinski definition) is 0. The van der Waals surface area contributed by atoms with Gasteiger partial charge in [0.25, 0.3) is 0 Å². The van der Waals surface area contributed by atoms with E-state index in [0.717, 1.165) is 18.0 Å². The summed E-state index contributed by atoms with van der Waals surface area (Å²) in [4.78, 5) is 2.61. The van der Waals surface area contributed by atoms with E-state index in [2.05, 4.69) is 18.9 Å². The van der Waals surface area contributed by atoms with Gasteiger partial charge < -0.3 is 4.90 Å². The molecule has 2 rings (SSSR count). The van der Waals surface area contributed by atoms with Crippen LogP contribution in [0.25, 0.3) is 0 Å². The molecule has 0 spiro atoms. The quantitative estimate of drug-likeness (QED) is 0.536. The van der Waals surface area contributed by atoms with E-state index in [-0.39, 0.29) is 0 Å². The molecule has 3 atom stereocenters. The second-order valence-electron chi connectivity index (χ2n) is 3.87. The molecule has 0 radical (unpaired) electrons. The molecule has 1 nitrogen and oxygen atoms in total. The van der Waals surface area contributed by atoms with Gasteiger partial charge in [-0.3, -0.25) is 0 Å². The topological polar surface area (TPSA) is 3.24 Å². The van der Waals surface area contributed by atoms with Crippen LogP contribution in [0.1, 0.15) is 32.6 Å². The predicted molar refractivity (Wildman–Crippen MR) is 43.0 cm³/mol. The fourth-order valence-corrected chi connectivity index (χ4v) is 2.94. The molecule has 0 N–H and O–H groups in total. The van der Waals surface area contributed by atoms with E-state index in [1.54, 1.807) is 0 Å². The zero-order chi connectivity index (χ0) is 7.14. The minimum atomic E-state index is 0.929. The highest BCUT2D eigenvalue weighted by Crippen LogP contribution is 2.42. The van der Waals surface area contributed by atoms with Gasteiger partial charge in [0.2, 0.25) is 0 Å². The van der Waals surface area contributed by atoms with Crippen LogP contribution in [0.3, 0.4) is 0 Å². The van der Waals surface area contributed by atoms with Crippen LogP contribution in [0.5, 0.6) is 0 Å². The Morgan fingerprint density at radius 1 is 1.40 bits per heavy atom. The Bertz CT molecular complexity index is 131. The van der Waals surface area contributed by atoms with Crippen LogP contribution in [0, 0.1) is 5.92 Å². The van der Waals surface area contributed by atoms with Crippen LogP contribution >= 0.6 is 0 Å². The molecule has 0 aromatic carbocycles. The number of fused-ring (bicyclic) bond motifs is 2. The SMILES string of the molecule is CCC1C2CCC(C2)N1C. The van der Waals surface area contributed by atoms with Gasteiger partial charge in [-0.05, 0) is 38.6 Å². The molecule has 2 bridgehead atoms. The summed E-state index contributed by atoms with van der Waals surface area (Å²) < 4.78 is 0. The van der Waals surface area contributed by atoms with E-state index in [1.165, 1.54) is 25.7 Å². The fraction of sp³-hybridized carbons (Fsp3) is 1.00. The largest absolute Gasteiger partial charge is 0.300 e. The highest BCUT2D eigenvalue weighted by Gasteiger charge is 2.42. The molecule has 3 unspecified atom stereocenters. The van der Waals surface area contributed by atoms with Gasteiger partial charge in [0.1, 0.15) is 0 Å². The second kappa shape index (κ2) is 2.23. The van der Waals surface area contributed by atoms with Gasteiger partial charge in [0.15, 0.2) is 0 Å². The Labute approximate surface area is 63.4 Å². The zero-order valence-electron chi connectivity index (χ0n) is 7.01. The van der Waals surface area contributed by atoms with Crippen molar-refractivity contribution >= 4 is 0 Å². The minimum absolute atomic E-state index is 0.929. The standard InChI is InChI=1S/C9H17N/c1-3-9-7-4-5-8(6-7)10(9)2/h7-9H,3-6H2,1-2H3. The predicted octanol–water partition coefficient (Wildman–Crippen LogP) is 1.88. The van der Waals surface area contributed by atoms with E-state index in [1.807, 2.05) is 0 Å². The summed E-state index contributed by atoms with van der Waals surface area (Å²) in [7, 11) is 2.30. The molecule has 1 aliphatic heterocycles. The molecular weight excluding hydrogens is 122 g/mol. The number of likely N-dealkylation sites (tertiary alicyclic amines) is 1. The second-order valence-corrected chi connectivity index (χ2v) is 3.87. The van der Waals surface area contributed by atoms with Crippen molar-refractivity contribution in [1.29, 1.82) is 0 Å². The van der Waals surface area contributed by atoms with Gasteiger partial charge in [-0.1, -0.05) is 6.92 Å². The Hall–Kier alpha value is -0.0400. The van der Waals surface area contributed by atoms with E-state index in [4.69, 9.17) is 0 Å². The first-order chi connectivity index (χ1) is 4.83. The monoisotopic (exact) mass is 139 g/mol. The molecular formula is C9H17N. The van der Waals surface area contributed by atoms with Crippen molar-refractivity contribution in [3.05, 3.63) is 0 Å². The molecule has 0 aromatic rings. The third kappa shape index (κ3) is 0.731. The fourth-order valence-electron chi connectivity index (χ4n) is 2.94. The molecule has 1 heteroatoms. The Morgan fingerprint density at radius 3 is 2.60 bits per heavy atom. The number of piperidine rings is 1. The van der Waals surface area contributed by atoms with Crippen molar-refractivity contribution in [3.8, 4) is 0 Å². The van der Waals surface area contributed by atoms with E-state index < -0.39 is 0 Å². The van der Waals surface area contributed by atoms with Gasteiger partial charge in [-0.25, -0.2) is 0 Å². The van der Waals surface area contributed by atoms with Crippen LogP contribution in [0.15, 0.2) is 0 Å². The van der Waals surface area contributed by atoms with Crippen LogP contribution in [0.2, 0.25) is 0 Å². The summed E-state index contributed by atoms with van der Waals surface area (Å²) in [6.07, 6.45) is 5.83. The van der Waals surface area contributed by atoms with Gasteiger partial charge in [0, 0.05) is 12.1 Å². The average molecular weight is 139 g/mol. The molecule has 2 fully saturated rings. The zero-order valence-corrected chi connectivity index (χ0v) is 7.01. The van der Waals surface area contributed by atoms with Crippen molar-refractivity contribution in [2.45, 2.75) is 44.7 Å². The molecule has 0 aromatic heterocycles. The summed E-state index contributed by atoms with van der Waals surface area (Å²) >= 11 is 0. The summed E-state index contributed by atoms with van der Waals surface area (Å²) in [5, 5.41) is 0.